The molecule has 0 saturated heterocycles. The second-order valence-corrected chi connectivity index (χ2v) is 6.55. The number of Topliss-reactive ketones (excluding diaryl/α,β-unsaturated/α-hetero) is 1. The van der Waals surface area contributed by atoms with Crippen LogP contribution in [0.25, 0.3) is 0 Å². The predicted octanol–water partition coefficient (Wildman–Crippen LogP) is 6.13. The van der Waals surface area contributed by atoms with Crippen LogP contribution in [0.5, 0.6) is 5.75 Å². The van der Waals surface area contributed by atoms with Gasteiger partial charge in [-0.2, -0.15) is 8.78 Å². The zero-order chi connectivity index (χ0) is 25.2. The molecule has 2 aromatic rings. The fourth-order valence-corrected chi connectivity index (χ4v) is 2.62. The van der Waals surface area contributed by atoms with E-state index in [9.17, 15) is 23.2 Å². The van der Waals surface area contributed by atoms with Gasteiger partial charge in [0.1, 0.15) is 5.75 Å². The van der Waals surface area contributed by atoms with E-state index in [1.54, 1.807) is 6.08 Å². The van der Waals surface area contributed by atoms with Crippen molar-refractivity contribution in [3.63, 3.8) is 0 Å². The first-order chi connectivity index (χ1) is 15.8. The molecule has 2 rings (SSSR count). The number of alkyl halides is 2. The number of carbonyl (C=O) groups excluding carboxylic acids is 3. The van der Waals surface area contributed by atoms with Gasteiger partial charge in [-0.15, -0.1) is 0 Å². The molecule has 7 heteroatoms. The molecule has 0 unspecified atom stereocenters. The Kier molecular flexibility index (Phi) is 15.5. The fourth-order valence-electron chi connectivity index (χ4n) is 2.62. The average Bonchev–Trinajstić information content (AvgIpc) is 2.83. The summed E-state index contributed by atoms with van der Waals surface area (Å²) in [4.78, 5) is 32.0. The summed E-state index contributed by atoms with van der Waals surface area (Å²) in [6, 6.07) is 13.4. The summed E-state index contributed by atoms with van der Waals surface area (Å²) in [6.07, 6.45) is 4.53. The third-order valence-corrected chi connectivity index (χ3v) is 4.27. The molecule has 33 heavy (non-hydrogen) atoms. The van der Waals surface area contributed by atoms with E-state index in [1.807, 2.05) is 13.8 Å². The summed E-state index contributed by atoms with van der Waals surface area (Å²) < 4.78 is 32.1. The fraction of sp³-hybridized carbons (Fsp3) is 0.346. The van der Waals surface area contributed by atoms with Gasteiger partial charge in [-0.05, 0) is 56.0 Å². The van der Waals surface area contributed by atoms with Crippen molar-refractivity contribution in [3.05, 3.63) is 76.9 Å². The number of methoxy groups -OCH3 is 1. The number of benzene rings is 2. The smallest absolute Gasteiger partial charge is 0.387 e. The first-order valence-electron chi connectivity index (χ1n) is 10.7. The molecule has 180 valence electrons. The molecule has 0 fully saturated rings. The molecule has 0 N–H and O–H groups in total. The van der Waals surface area contributed by atoms with Crippen LogP contribution >= 0.6 is 0 Å². The molecule has 0 atom stereocenters. The minimum atomic E-state index is -2.90. The van der Waals surface area contributed by atoms with Crippen LogP contribution in [0.2, 0.25) is 0 Å². The molecule has 5 nitrogen and oxygen atoms in total. The standard InChI is InChI=1S/C15H20O2.C9H6F2O3.C2H6/c1-4-13(11-15(16)17-3)8-9-14-7-5-6-12(2)10-14;10-9(11)14-7-3-1-6(2-4-7)8(13)5-12;1-2/h5-7,10-11H,4,8-9H2,1-3H3;1-5,9H;1-2H3/b13-11+;;. The maximum atomic E-state index is 11.7. The zero-order valence-corrected chi connectivity index (χ0v) is 19.8. The number of ketones is 1. The van der Waals surface area contributed by atoms with Crippen molar-refractivity contribution < 1.29 is 32.6 Å². The molecule has 0 saturated carbocycles. The van der Waals surface area contributed by atoms with Crippen molar-refractivity contribution in [1.29, 1.82) is 0 Å². The zero-order valence-electron chi connectivity index (χ0n) is 19.8. The van der Waals surface area contributed by atoms with Gasteiger partial charge in [0.2, 0.25) is 5.78 Å². The molecule has 0 bridgehead atoms. The Labute approximate surface area is 194 Å². The molecule has 0 amide bonds. The van der Waals surface area contributed by atoms with Crippen LogP contribution in [-0.4, -0.2) is 31.8 Å². The molecule has 0 aromatic heterocycles. The van der Waals surface area contributed by atoms with Crippen molar-refractivity contribution in [2.45, 2.75) is 53.6 Å². The third kappa shape index (κ3) is 12.9. The maximum Gasteiger partial charge on any atom is 0.387 e. The minimum Gasteiger partial charge on any atom is -0.466 e. The van der Waals surface area contributed by atoms with E-state index in [2.05, 4.69) is 47.6 Å². The third-order valence-electron chi connectivity index (χ3n) is 4.27. The number of halogens is 2. The van der Waals surface area contributed by atoms with E-state index < -0.39 is 12.4 Å². The van der Waals surface area contributed by atoms with E-state index >= 15 is 0 Å². The Morgan fingerprint density at radius 2 is 1.70 bits per heavy atom. The maximum absolute atomic E-state index is 11.7. The van der Waals surface area contributed by atoms with Gasteiger partial charge >= 0.3 is 12.6 Å². The molecule has 0 aliphatic carbocycles. The number of rotatable bonds is 9. The lowest BCUT2D eigenvalue weighted by atomic mass is 10.0. The second kappa shape index (κ2) is 17.2. The van der Waals surface area contributed by atoms with Crippen LogP contribution in [0.1, 0.15) is 55.1 Å². The SMILES string of the molecule is CC.CC/C(=C\C(=O)OC)CCc1cccc(C)c1.O=CC(=O)c1ccc(OC(F)F)cc1. The van der Waals surface area contributed by atoms with E-state index in [1.165, 1.54) is 42.5 Å². The van der Waals surface area contributed by atoms with Crippen molar-refractivity contribution in [3.8, 4) is 5.75 Å². The number of aryl methyl sites for hydroxylation is 2. The summed E-state index contributed by atoms with van der Waals surface area (Å²) in [5.74, 6) is -1.01. The number of allylic oxidation sites excluding steroid dienone is 1. The number of carbonyl (C=O) groups is 3. The molecule has 0 spiro atoms. The predicted molar refractivity (Wildman–Crippen MR) is 125 cm³/mol. The lowest BCUT2D eigenvalue weighted by molar-refractivity contribution is -0.134. The van der Waals surface area contributed by atoms with Gasteiger partial charge in [-0.3, -0.25) is 9.59 Å². The molecule has 2 aromatic carbocycles. The Bertz CT molecular complexity index is 890. The van der Waals surface area contributed by atoms with E-state index in [0.717, 1.165) is 24.8 Å². The van der Waals surface area contributed by atoms with Crippen molar-refractivity contribution in [2.75, 3.05) is 7.11 Å². The number of ether oxygens (including phenoxy) is 2. The highest BCUT2D eigenvalue weighted by molar-refractivity contribution is 6.33. The van der Waals surface area contributed by atoms with Crippen LogP contribution in [0, 0.1) is 6.92 Å². The highest BCUT2D eigenvalue weighted by Crippen LogP contribution is 2.15. The number of aldehydes is 1. The van der Waals surface area contributed by atoms with Crippen LogP contribution in [-0.2, 0) is 20.7 Å². The van der Waals surface area contributed by atoms with Crippen LogP contribution in [0.3, 0.4) is 0 Å². The summed E-state index contributed by atoms with van der Waals surface area (Å²) in [7, 11) is 1.41. The van der Waals surface area contributed by atoms with Gasteiger partial charge in [0.25, 0.3) is 0 Å². The molecule has 0 aliphatic rings. The highest BCUT2D eigenvalue weighted by atomic mass is 19.3. The van der Waals surface area contributed by atoms with E-state index in [0.29, 0.717) is 0 Å². The van der Waals surface area contributed by atoms with Gasteiger partial charge in [0.15, 0.2) is 6.29 Å². The van der Waals surface area contributed by atoms with E-state index in [-0.39, 0.29) is 23.6 Å². The lowest BCUT2D eigenvalue weighted by Gasteiger charge is -2.05. The minimum absolute atomic E-state index is 0.0533. The van der Waals surface area contributed by atoms with E-state index in [4.69, 9.17) is 0 Å². The Balaban J connectivity index is 0.000000586. The first kappa shape index (κ1) is 29.7. The largest absolute Gasteiger partial charge is 0.466 e. The van der Waals surface area contributed by atoms with Crippen molar-refractivity contribution >= 4 is 18.0 Å². The number of esters is 1. The summed E-state index contributed by atoms with van der Waals surface area (Å²) >= 11 is 0. The normalized spacial score (nSPS) is 10.2. The highest BCUT2D eigenvalue weighted by Gasteiger charge is 2.06. The van der Waals surface area contributed by atoms with Gasteiger partial charge in [0.05, 0.1) is 7.11 Å². The number of hydrogen-bond acceptors (Lipinski definition) is 5. The Morgan fingerprint density at radius 1 is 1.06 bits per heavy atom. The van der Waals surface area contributed by atoms with Crippen molar-refractivity contribution in [2.24, 2.45) is 0 Å². The topological polar surface area (TPSA) is 69.7 Å². The second-order valence-electron chi connectivity index (χ2n) is 6.55. The molecular weight excluding hydrogens is 430 g/mol. The van der Waals surface area contributed by atoms with Gasteiger partial charge in [-0.25, -0.2) is 4.79 Å². The van der Waals surface area contributed by atoms with Crippen LogP contribution < -0.4 is 4.74 Å². The molecule has 0 aliphatic heterocycles. The summed E-state index contributed by atoms with van der Waals surface area (Å²) in [6.45, 7) is 5.25. The van der Waals surface area contributed by atoms with Gasteiger partial charge in [0, 0.05) is 11.6 Å². The van der Waals surface area contributed by atoms with Gasteiger partial charge in [-0.1, -0.05) is 56.2 Å². The average molecular weight is 463 g/mol. The Hall–Kier alpha value is -3.35. The van der Waals surface area contributed by atoms with Crippen LogP contribution in [0.4, 0.5) is 8.78 Å². The number of hydrogen-bond donors (Lipinski definition) is 0. The molecule has 0 heterocycles. The summed E-state index contributed by atoms with van der Waals surface area (Å²) in [5, 5.41) is 0. The summed E-state index contributed by atoms with van der Waals surface area (Å²) in [5.41, 5.74) is 3.87. The van der Waals surface area contributed by atoms with Crippen molar-refractivity contribution in [1.82, 2.24) is 0 Å². The van der Waals surface area contributed by atoms with Crippen LogP contribution in [0.15, 0.2) is 60.2 Å². The monoisotopic (exact) mass is 462 g/mol. The first-order valence-corrected chi connectivity index (χ1v) is 10.7. The Morgan fingerprint density at radius 3 is 2.18 bits per heavy atom. The molecule has 0 radical (unpaired) electrons. The quantitative estimate of drug-likeness (QED) is 0.147. The lowest BCUT2D eigenvalue weighted by Crippen LogP contribution is -2.03. The van der Waals surface area contributed by atoms with Gasteiger partial charge < -0.3 is 9.47 Å². The molecular formula is C26H32F2O5.